The largest absolute Gasteiger partial charge is 2.00 e. The maximum atomic E-state index is 6.06. The van der Waals surface area contributed by atoms with E-state index < -0.39 is 0 Å². The molecule has 19 heavy (non-hydrogen) atoms. The minimum absolute atomic E-state index is 0. The first-order valence-corrected chi connectivity index (χ1v) is 6.07. The second kappa shape index (κ2) is 9.58. The molecule has 96 valence electrons. The van der Waals surface area contributed by atoms with Crippen LogP contribution in [0.15, 0.2) is 30.3 Å². The van der Waals surface area contributed by atoms with Crippen LogP contribution in [-0.4, -0.2) is 0 Å². The van der Waals surface area contributed by atoms with E-state index in [1.54, 1.807) is 0 Å². The standard InChI is InChI=1S/C12H12N.C5H5.Fe/c13-12(11-8-4-5-9-11)10-6-2-1-3-7-10;1-2-4-5-3-1;/h1-9,12H,13H2;1-5H;/q;;+2/t12-;;/m1../s1. The second-order valence-electron chi connectivity index (χ2n) is 4.07. The van der Waals surface area contributed by atoms with Gasteiger partial charge in [-0.05, 0) is 63.4 Å². The molecular weight excluding hydrogens is 274 g/mol. The summed E-state index contributed by atoms with van der Waals surface area (Å²) in [6, 6.07) is 10.1. The normalized spacial score (nSPS) is 20.3. The van der Waals surface area contributed by atoms with E-state index in [1.165, 1.54) is 5.92 Å². The summed E-state index contributed by atoms with van der Waals surface area (Å²) in [5, 5.41) is 0. The van der Waals surface area contributed by atoms with Crippen LogP contribution in [0.1, 0.15) is 11.6 Å². The van der Waals surface area contributed by atoms with E-state index in [9.17, 15) is 0 Å². The van der Waals surface area contributed by atoms with Gasteiger partial charge in [0.1, 0.15) is 0 Å². The van der Waals surface area contributed by atoms with Gasteiger partial charge in [0.05, 0.1) is 0 Å². The molecule has 0 aromatic heterocycles. The fraction of sp³-hybridized carbons (Fsp3) is 0.0588. The molecule has 1 aromatic rings. The molecule has 0 bridgehead atoms. The molecule has 2 heteroatoms. The van der Waals surface area contributed by atoms with E-state index in [-0.39, 0.29) is 23.1 Å². The molecule has 10 radical (unpaired) electrons. The Bertz CT molecular complexity index is 308. The molecule has 3 rings (SSSR count). The minimum Gasteiger partial charge on any atom is -0.323 e. The molecule has 0 amide bonds. The van der Waals surface area contributed by atoms with Crippen molar-refractivity contribution >= 4 is 0 Å². The first-order valence-electron chi connectivity index (χ1n) is 6.07. The Hall–Kier alpha value is -0.301. The number of hydrogen-bond donors (Lipinski definition) is 1. The fourth-order valence-corrected chi connectivity index (χ4v) is 1.77. The zero-order valence-corrected chi connectivity index (χ0v) is 11.7. The summed E-state index contributed by atoms with van der Waals surface area (Å²) < 4.78 is 0. The van der Waals surface area contributed by atoms with Crippen molar-refractivity contribution < 1.29 is 17.1 Å². The first kappa shape index (κ1) is 16.8. The topological polar surface area (TPSA) is 26.0 Å². The molecule has 0 aliphatic heterocycles. The van der Waals surface area contributed by atoms with Crippen LogP contribution >= 0.6 is 0 Å². The van der Waals surface area contributed by atoms with E-state index in [1.807, 2.05) is 63.1 Å². The zero-order valence-electron chi connectivity index (χ0n) is 10.6. The number of nitrogens with two attached hydrogens (primary N) is 1. The molecule has 1 nitrogen and oxygen atoms in total. The molecule has 0 unspecified atom stereocenters. The van der Waals surface area contributed by atoms with Gasteiger partial charge >= 0.3 is 17.1 Å². The van der Waals surface area contributed by atoms with Crippen LogP contribution in [-0.2, 0) is 17.1 Å². The van der Waals surface area contributed by atoms with Crippen molar-refractivity contribution in [3.63, 3.8) is 0 Å². The van der Waals surface area contributed by atoms with E-state index in [0.29, 0.717) is 0 Å². The van der Waals surface area contributed by atoms with Gasteiger partial charge in [-0.15, -0.1) is 0 Å². The summed E-state index contributed by atoms with van der Waals surface area (Å²) in [4.78, 5) is 0. The Morgan fingerprint density at radius 2 is 1.16 bits per heavy atom. The first-order chi connectivity index (χ1) is 8.88. The van der Waals surface area contributed by atoms with Gasteiger partial charge in [0, 0.05) is 12.0 Å². The second-order valence-corrected chi connectivity index (χ2v) is 4.07. The van der Waals surface area contributed by atoms with Crippen molar-refractivity contribution in [1.82, 2.24) is 0 Å². The fourth-order valence-electron chi connectivity index (χ4n) is 1.77. The van der Waals surface area contributed by atoms with Crippen LogP contribution < -0.4 is 5.73 Å². The number of hydrogen-bond acceptors (Lipinski definition) is 1. The van der Waals surface area contributed by atoms with E-state index >= 15 is 0 Å². The van der Waals surface area contributed by atoms with Crippen molar-refractivity contribution in [2.75, 3.05) is 0 Å². The van der Waals surface area contributed by atoms with Crippen LogP contribution in [0, 0.1) is 63.7 Å². The van der Waals surface area contributed by atoms with Gasteiger partial charge in [-0.2, -0.15) is 0 Å². The molecule has 1 aromatic carbocycles. The predicted molar refractivity (Wildman–Crippen MR) is 75.3 cm³/mol. The Morgan fingerprint density at radius 3 is 1.63 bits per heavy atom. The third-order valence-electron chi connectivity index (χ3n) is 2.76. The molecule has 2 aliphatic rings. The van der Waals surface area contributed by atoms with Crippen LogP contribution in [0.2, 0.25) is 0 Å². The molecule has 2 saturated carbocycles. The quantitative estimate of drug-likeness (QED) is 0.832. The van der Waals surface area contributed by atoms with Crippen molar-refractivity contribution in [3.8, 4) is 0 Å². The van der Waals surface area contributed by atoms with Crippen LogP contribution in [0.5, 0.6) is 0 Å². The van der Waals surface area contributed by atoms with Crippen LogP contribution in [0.4, 0.5) is 0 Å². The Kier molecular flexibility index (Phi) is 8.45. The van der Waals surface area contributed by atoms with Crippen molar-refractivity contribution in [2.24, 2.45) is 5.73 Å². The Balaban J connectivity index is 0.000000256. The average Bonchev–Trinajstić information content (AvgIpc) is 3.14. The predicted octanol–water partition coefficient (Wildman–Crippen LogP) is 3.11. The zero-order chi connectivity index (χ0) is 12.6. The van der Waals surface area contributed by atoms with Crippen molar-refractivity contribution in [3.05, 3.63) is 99.6 Å². The summed E-state index contributed by atoms with van der Waals surface area (Å²) in [6.45, 7) is 0. The van der Waals surface area contributed by atoms with Crippen LogP contribution in [0.25, 0.3) is 0 Å². The van der Waals surface area contributed by atoms with Crippen molar-refractivity contribution in [1.29, 1.82) is 0 Å². The maximum Gasteiger partial charge on any atom is 2.00 e. The van der Waals surface area contributed by atoms with Gasteiger partial charge in [0.25, 0.3) is 0 Å². The molecule has 0 spiro atoms. The third-order valence-corrected chi connectivity index (χ3v) is 2.76. The van der Waals surface area contributed by atoms with E-state index in [0.717, 1.165) is 5.56 Å². The van der Waals surface area contributed by atoms with E-state index in [4.69, 9.17) is 5.73 Å². The van der Waals surface area contributed by atoms with Gasteiger partial charge in [-0.1, -0.05) is 30.3 Å². The summed E-state index contributed by atoms with van der Waals surface area (Å²) in [7, 11) is 0. The van der Waals surface area contributed by atoms with Gasteiger partial charge < -0.3 is 5.73 Å². The average molecular weight is 291 g/mol. The van der Waals surface area contributed by atoms with Gasteiger partial charge in [0.2, 0.25) is 0 Å². The molecule has 1 atom stereocenters. The van der Waals surface area contributed by atoms with E-state index in [2.05, 4.69) is 25.0 Å². The molecule has 2 N–H and O–H groups in total. The number of rotatable bonds is 2. The van der Waals surface area contributed by atoms with Crippen molar-refractivity contribution in [2.45, 2.75) is 6.04 Å². The van der Waals surface area contributed by atoms with Gasteiger partial charge in [-0.3, -0.25) is 0 Å². The van der Waals surface area contributed by atoms with Gasteiger partial charge in [-0.25, -0.2) is 0 Å². The minimum atomic E-state index is 0. The maximum absolute atomic E-state index is 6.06. The molecule has 0 heterocycles. The summed E-state index contributed by atoms with van der Waals surface area (Å²) in [6.07, 6.45) is 18.1. The molecule has 2 aliphatic carbocycles. The molecule has 2 fully saturated rings. The Morgan fingerprint density at radius 1 is 0.684 bits per heavy atom. The monoisotopic (exact) mass is 291 g/mol. The number of benzene rings is 1. The van der Waals surface area contributed by atoms with Gasteiger partial charge in [0.15, 0.2) is 0 Å². The Labute approximate surface area is 128 Å². The third kappa shape index (κ3) is 5.69. The SMILES string of the molecule is N[C@@H]([C]1[CH][CH][CH][CH]1)c1ccccc1.[CH]1[CH][CH][CH][CH]1.[Fe+2]. The summed E-state index contributed by atoms with van der Waals surface area (Å²) >= 11 is 0. The molecule has 0 saturated heterocycles. The smallest absolute Gasteiger partial charge is 0.323 e. The summed E-state index contributed by atoms with van der Waals surface area (Å²) in [5.74, 6) is 1.17. The van der Waals surface area contributed by atoms with Crippen LogP contribution in [0.3, 0.4) is 0 Å². The molecular formula is C17H17FeN+2. The summed E-state index contributed by atoms with van der Waals surface area (Å²) in [5.41, 5.74) is 7.22.